The zero-order valence-corrected chi connectivity index (χ0v) is 12.2. The van der Waals surface area contributed by atoms with Gasteiger partial charge in [-0.05, 0) is 31.7 Å². The topological polar surface area (TPSA) is 54.7 Å². The number of hydrogen-bond donors (Lipinski definition) is 1. The minimum Gasteiger partial charge on any atom is -0.472 e. The number of fused-ring (bicyclic) bond motifs is 1. The van der Waals surface area contributed by atoms with Crippen molar-refractivity contribution in [2.24, 2.45) is 5.41 Å². The predicted octanol–water partition coefficient (Wildman–Crippen LogP) is 1.54. The van der Waals surface area contributed by atoms with Crippen LogP contribution >= 0.6 is 0 Å². The van der Waals surface area contributed by atoms with E-state index < -0.39 is 0 Å². The molecule has 1 aromatic heterocycles. The van der Waals surface area contributed by atoms with Crippen molar-refractivity contribution in [3.05, 3.63) is 24.2 Å². The predicted molar refractivity (Wildman–Crippen MR) is 76.6 cm³/mol. The smallest absolute Gasteiger partial charge is 0.230 e. The first-order valence-electron chi connectivity index (χ1n) is 7.92. The Kier molecular flexibility index (Phi) is 3.27. The molecule has 1 saturated carbocycles. The summed E-state index contributed by atoms with van der Waals surface area (Å²) in [6, 6.07) is 2.41. The van der Waals surface area contributed by atoms with Gasteiger partial charge in [-0.1, -0.05) is 0 Å². The van der Waals surface area contributed by atoms with E-state index in [-0.39, 0.29) is 17.4 Å². The minimum atomic E-state index is -0.343. The van der Waals surface area contributed by atoms with Crippen LogP contribution in [0.5, 0.6) is 0 Å². The SMILES string of the molecule is O=C(NC1CC1)[C@]12CCO[C@H]1CCN(Cc1ccoc1)C2. The normalized spacial score (nSPS) is 32.9. The fourth-order valence-electron chi connectivity index (χ4n) is 3.69. The van der Waals surface area contributed by atoms with Crippen LogP contribution in [0.4, 0.5) is 0 Å². The van der Waals surface area contributed by atoms with Crippen LogP contribution < -0.4 is 5.32 Å². The Morgan fingerprint density at radius 3 is 3.10 bits per heavy atom. The zero-order chi connectivity index (χ0) is 14.3. The third kappa shape index (κ3) is 2.49. The van der Waals surface area contributed by atoms with Crippen LogP contribution in [-0.2, 0) is 16.1 Å². The van der Waals surface area contributed by atoms with Gasteiger partial charge >= 0.3 is 0 Å². The standard InChI is InChI=1S/C16H22N2O3/c19-15(17-13-1-2-13)16-5-8-21-14(16)3-6-18(11-16)9-12-4-7-20-10-12/h4,7,10,13-14H,1-3,5-6,8-9,11H2,(H,17,19)/t14-,16-/m0/s1. The summed E-state index contributed by atoms with van der Waals surface area (Å²) in [5.41, 5.74) is 0.829. The van der Waals surface area contributed by atoms with Gasteiger partial charge in [-0.3, -0.25) is 9.69 Å². The molecule has 2 atom stereocenters. The molecule has 5 nitrogen and oxygen atoms in total. The summed E-state index contributed by atoms with van der Waals surface area (Å²) in [5.74, 6) is 0.212. The summed E-state index contributed by atoms with van der Waals surface area (Å²) in [6.07, 6.45) is 7.63. The van der Waals surface area contributed by atoms with Crippen LogP contribution in [0.25, 0.3) is 0 Å². The van der Waals surface area contributed by atoms with Gasteiger partial charge in [0.05, 0.1) is 24.0 Å². The molecule has 3 heterocycles. The van der Waals surface area contributed by atoms with Crippen molar-refractivity contribution in [2.75, 3.05) is 19.7 Å². The molecule has 0 unspecified atom stereocenters. The second kappa shape index (κ2) is 5.14. The number of rotatable bonds is 4. The molecule has 1 N–H and O–H groups in total. The maximum atomic E-state index is 12.8. The first-order valence-corrected chi connectivity index (χ1v) is 7.92. The third-order valence-corrected chi connectivity index (χ3v) is 5.05. The van der Waals surface area contributed by atoms with Crippen LogP contribution in [0.3, 0.4) is 0 Å². The van der Waals surface area contributed by atoms with E-state index in [9.17, 15) is 4.79 Å². The number of hydrogen-bond acceptors (Lipinski definition) is 4. The molecule has 114 valence electrons. The lowest BCUT2D eigenvalue weighted by Crippen LogP contribution is -2.57. The van der Waals surface area contributed by atoms with E-state index in [1.54, 1.807) is 12.5 Å². The van der Waals surface area contributed by atoms with Crippen LogP contribution in [0, 0.1) is 5.41 Å². The fraction of sp³-hybridized carbons (Fsp3) is 0.688. The molecule has 2 aliphatic heterocycles. The van der Waals surface area contributed by atoms with Crippen molar-refractivity contribution in [3.8, 4) is 0 Å². The molecule has 0 radical (unpaired) electrons. The molecule has 5 heteroatoms. The highest BCUT2D eigenvalue weighted by atomic mass is 16.5. The van der Waals surface area contributed by atoms with E-state index in [2.05, 4.69) is 10.2 Å². The highest BCUT2D eigenvalue weighted by Crippen LogP contribution is 2.42. The van der Waals surface area contributed by atoms with Gasteiger partial charge in [-0.15, -0.1) is 0 Å². The van der Waals surface area contributed by atoms with Gasteiger partial charge < -0.3 is 14.5 Å². The van der Waals surface area contributed by atoms with Gasteiger partial charge in [0.2, 0.25) is 5.91 Å². The minimum absolute atomic E-state index is 0.0943. The number of likely N-dealkylation sites (tertiary alicyclic amines) is 1. The van der Waals surface area contributed by atoms with Gasteiger partial charge in [-0.25, -0.2) is 0 Å². The number of nitrogens with zero attached hydrogens (tertiary/aromatic N) is 1. The van der Waals surface area contributed by atoms with E-state index in [0.717, 1.165) is 45.3 Å². The molecule has 1 aliphatic carbocycles. The highest BCUT2D eigenvalue weighted by Gasteiger charge is 2.53. The van der Waals surface area contributed by atoms with Gasteiger partial charge in [0.15, 0.2) is 0 Å². The number of furan rings is 1. The molecular formula is C16H22N2O3. The molecule has 1 aromatic rings. The number of carbonyl (C=O) groups is 1. The van der Waals surface area contributed by atoms with Crippen molar-refractivity contribution in [1.29, 1.82) is 0 Å². The Hall–Kier alpha value is -1.33. The zero-order valence-electron chi connectivity index (χ0n) is 12.2. The van der Waals surface area contributed by atoms with E-state index in [1.807, 2.05) is 6.07 Å². The van der Waals surface area contributed by atoms with Crippen LogP contribution in [0.15, 0.2) is 23.0 Å². The molecule has 1 amide bonds. The van der Waals surface area contributed by atoms with Crippen LogP contribution in [0.2, 0.25) is 0 Å². The van der Waals surface area contributed by atoms with Gasteiger partial charge in [-0.2, -0.15) is 0 Å². The maximum Gasteiger partial charge on any atom is 0.230 e. The van der Waals surface area contributed by atoms with Crippen molar-refractivity contribution < 1.29 is 13.9 Å². The summed E-state index contributed by atoms with van der Waals surface area (Å²) in [5, 5.41) is 3.20. The second-order valence-electron chi connectivity index (χ2n) is 6.64. The molecule has 21 heavy (non-hydrogen) atoms. The average molecular weight is 290 g/mol. The highest BCUT2D eigenvalue weighted by molar-refractivity contribution is 5.84. The van der Waals surface area contributed by atoms with E-state index in [0.29, 0.717) is 12.6 Å². The lowest BCUT2D eigenvalue weighted by Gasteiger charge is -2.42. The Morgan fingerprint density at radius 1 is 1.43 bits per heavy atom. The first-order chi connectivity index (χ1) is 10.3. The number of ether oxygens (including phenoxy) is 1. The van der Waals surface area contributed by atoms with Crippen molar-refractivity contribution in [1.82, 2.24) is 10.2 Å². The van der Waals surface area contributed by atoms with E-state index >= 15 is 0 Å². The largest absolute Gasteiger partial charge is 0.472 e. The number of piperidine rings is 1. The van der Waals surface area contributed by atoms with Crippen LogP contribution in [-0.4, -0.2) is 42.6 Å². The molecule has 0 aromatic carbocycles. The third-order valence-electron chi connectivity index (χ3n) is 5.05. The lowest BCUT2D eigenvalue weighted by atomic mass is 9.75. The van der Waals surface area contributed by atoms with Gasteiger partial charge in [0.1, 0.15) is 0 Å². The molecule has 0 spiro atoms. The van der Waals surface area contributed by atoms with Crippen molar-refractivity contribution in [2.45, 2.75) is 44.4 Å². The summed E-state index contributed by atoms with van der Waals surface area (Å²) < 4.78 is 11.0. The molecule has 2 saturated heterocycles. The van der Waals surface area contributed by atoms with Crippen molar-refractivity contribution in [3.63, 3.8) is 0 Å². The number of amides is 1. The van der Waals surface area contributed by atoms with E-state index in [1.165, 1.54) is 5.56 Å². The molecule has 0 bridgehead atoms. The Balaban J connectivity index is 1.49. The Bertz CT molecular complexity index is 512. The molecule has 3 fully saturated rings. The van der Waals surface area contributed by atoms with Gasteiger partial charge in [0, 0.05) is 37.8 Å². The monoisotopic (exact) mass is 290 g/mol. The number of carbonyl (C=O) groups excluding carboxylic acids is 1. The van der Waals surface area contributed by atoms with E-state index in [4.69, 9.17) is 9.15 Å². The Labute approximate surface area is 124 Å². The maximum absolute atomic E-state index is 12.8. The Morgan fingerprint density at radius 2 is 2.33 bits per heavy atom. The molecule has 4 rings (SSSR count). The summed E-state index contributed by atoms with van der Waals surface area (Å²) in [4.78, 5) is 15.1. The molecular weight excluding hydrogens is 268 g/mol. The molecule has 3 aliphatic rings. The van der Waals surface area contributed by atoms with Gasteiger partial charge in [0.25, 0.3) is 0 Å². The summed E-state index contributed by atoms with van der Waals surface area (Å²) >= 11 is 0. The summed E-state index contributed by atoms with van der Waals surface area (Å²) in [7, 11) is 0. The summed E-state index contributed by atoms with van der Waals surface area (Å²) in [6.45, 7) is 3.33. The quantitative estimate of drug-likeness (QED) is 0.914. The van der Waals surface area contributed by atoms with Crippen molar-refractivity contribution >= 4 is 5.91 Å². The van der Waals surface area contributed by atoms with Crippen LogP contribution in [0.1, 0.15) is 31.2 Å². The average Bonchev–Trinajstić information content (AvgIpc) is 3.00. The fourth-order valence-corrected chi connectivity index (χ4v) is 3.69. The second-order valence-corrected chi connectivity index (χ2v) is 6.64. The number of nitrogens with one attached hydrogen (secondary N) is 1. The first kappa shape index (κ1) is 13.3. The lowest BCUT2D eigenvalue weighted by molar-refractivity contribution is -0.139.